The molecule has 1 aliphatic heterocycles. The molecular formula is C30H22BrN5O5S2. The summed E-state index contributed by atoms with van der Waals surface area (Å²) >= 11 is 4.71. The zero-order valence-corrected chi connectivity index (χ0v) is 25.5. The molecule has 216 valence electrons. The zero-order valence-electron chi connectivity index (χ0n) is 22.3. The smallest absolute Gasteiger partial charge is 0.267 e. The standard InChI is InChI=1S/C30H22BrN5O5S2/c31-24-9-14-27-28(17-24)42-30(33-27)35(32-18-20-5-10-25(11-6-20)36(38)39)29(37)22-7-12-26(13-8-22)43(40,41)34-16-15-21-3-1-2-4-23(21)19-34/h1-14,17-18H,15-16,19H2/b32-18+. The van der Waals surface area contributed by atoms with Crippen molar-refractivity contribution in [3.63, 3.8) is 0 Å². The number of carbonyl (C=O) groups excluding carboxylic acids is 1. The van der Waals surface area contributed by atoms with Gasteiger partial charge in [-0.1, -0.05) is 51.5 Å². The van der Waals surface area contributed by atoms with Crippen LogP contribution in [-0.2, 0) is 23.0 Å². The number of hydrazone groups is 1. The fourth-order valence-electron chi connectivity index (χ4n) is 4.69. The van der Waals surface area contributed by atoms with Crippen LogP contribution in [0.2, 0.25) is 0 Å². The van der Waals surface area contributed by atoms with Crippen molar-refractivity contribution in [2.75, 3.05) is 11.6 Å². The Morgan fingerprint density at radius 2 is 1.74 bits per heavy atom. The second-order valence-corrected chi connectivity index (χ2v) is 13.6. The number of amides is 1. The first-order valence-electron chi connectivity index (χ1n) is 13.0. The number of sulfonamides is 1. The fourth-order valence-corrected chi connectivity index (χ4v) is 7.58. The van der Waals surface area contributed by atoms with Crippen LogP contribution in [0.15, 0.2) is 105 Å². The number of benzene rings is 4. The summed E-state index contributed by atoms with van der Waals surface area (Å²) in [4.78, 5) is 29.0. The Balaban J connectivity index is 1.29. The first kappa shape index (κ1) is 28.8. The minimum atomic E-state index is -3.78. The minimum Gasteiger partial charge on any atom is -0.267 e. The van der Waals surface area contributed by atoms with Gasteiger partial charge in [0.15, 0.2) is 0 Å². The van der Waals surface area contributed by atoms with Crippen LogP contribution in [0.4, 0.5) is 10.8 Å². The lowest BCUT2D eigenvalue weighted by Crippen LogP contribution is -2.36. The highest BCUT2D eigenvalue weighted by atomic mass is 79.9. The van der Waals surface area contributed by atoms with E-state index < -0.39 is 20.9 Å². The molecule has 0 aliphatic carbocycles. The molecule has 2 heterocycles. The number of nitro groups is 1. The highest BCUT2D eigenvalue weighted by Crippen LogP contribution is 2.32. The molecule has 5 aromatic rings. The second-order valence-electron chi connectivity index (χ2n) is 9.70. The van der Waals surface area contributed by atoms with Gasteiger partial charge in [-0.05, 0) is 77.7 Å². The maximum Gasteiger partial charge on any atom is 0.280 e. The predicted molar refractivity (Wildman–Crippen MR) is 169 cm³/mol. The molecule has 6 rings (SSSR count). The molecule has 10 nitrogen and oxygen atoms in total. The molecule has 1 aromatic heterocycles. The molecule has 1 aliphatic rings. The topological polar surface area (TPSA) is 126 Å². The van der Waals surface area contributed by atoms with Gasteiger partial charge in [0.05, 0.1) is 26.3 Å². The summed E-state index contributed by atoms with van der Waals surface area (Å²) in [5.74, 6) is -0.521. The summed E-state index contributed by atoms with van der Waals surface area (Å²) in [6.45, 7) is 0.664. The van der Waals surface area contributed by atoms with Crippen LogP contribution in [0.1, 0.15) is 27.0 Å². The molecule has 13 heteroatoms. The van der Waals surface area contributed by atoms with E-state index in [1.165, 1.54) is 70.4 Å². The van der Waals surface area contributed by atoms with Gasteiger partial charge in [0.2, 0.25) is 15.2 Å². The number of anilines is 1. The number of aromatic nitrogens is 1. The number of hydrogen-bond acceptors (Lipinski definition) is 8. The van der Waals surface area contributed by atoms with Gasteiger partial charge in [-0.2, -0.15) is 14.4 Å². The molecule has 0 radical (unpaired) electrons. The Morgan fingerprint density at radius 1 is 1.02 bits per heavy atom. The normalized spacial score (nSPS) is 13.7. The third kappa shape index (κ3) is 5.97. The van der Waals surface area contributed by atoms with Crippen molar-refractivity contribution in [1.82, 2.24) is 9.29 Å². The largest absolute Gasteiger partial charge is 0.280 e. The van der Waals surface area contributed by atoms with Gasteiger partial charge < -0.3 is 0 Å². The minimum absolute atomic E-state index is 0.0642. The van der Waals surface area contributed by atoms with Gasteiger partial charge in [-0.25, -0.2) is 13.4 Å². The Hall–Kier alpha value is -4.30. The maximum absolute atomic E-state index is 13.8. The van der Waals surface area contributed by atoms with Crippen molar-refractivity contribution in [2.45, 2.75) is 17.9 Å². The Bertz CT molecular complexity index is 1990. The number of rotatable bonds is 7. The lowest BCUT2D eigenvalue weighted by Gasteiger charge is -2.28. The van der Waals surface area contributed by atoms with Crippen molar-refractivity contribution in [1.29, 1.82) is 0 Å². The maximum atomic E-state index is 13.8. The number of thiazole rings is 1. The molecule has 0 atom stereocenters. The number of halogens is 1. The first-order valence-corrected chi connectivity index (χ1v) is 16.1. The van der Waals surface area contributed by atoms with Crippen LogP contribution in [-0.4, -0.2) is 41.3 Å². The van der Waals surface area contributed by atoms with E-state index in [-0.39, 0.29) is 22.7 Å². The number of fused-ring (bicyclic) bond motifs is 2. The molecule has 0 spiro atoms. The third-order valence-electron chi connectivity index (χ3n) is 6.97. The van der Waals surface area contributed by atoms with E-state index >= 15 is 0 Å². The summed E-state index contributed by atoms with van der Waals surface area (Å²) in [5.41, 5.74) is 3.49. The van der Waals surface area contributed by atoms with E-state index in [1.54, 1.807) is 0 Å². The van der Waals surface area contributed by atoms with Crippen molar-refractivity contribution in [3.05, 3.63) is 128 Å². The molecule has 0 saturated carbocycles. The zero-order chi connectivity index (χ0) is 30.1. The molecule has 0 bridgehead atoms. The highest BCUT2D eigenvalue weighted by Gasteiger charge is 2.29. The monoisotopic (exact) mass is 675 g/mol. The van der Waals surface area contributed by atoms with Gasteiger partial charge in [0.1, 0.15) is 0 Å². The molecule has 1 amide bonds. The van der Waals surface area contributed by atoms with Crippen molar-refractivity contribution in [2.24, 2.45) is 5.10 Å². The number of non-ortho nitro benzene ring substituents is 1. The van der Waals surface area contributed by atoms with Crippen LogP contribution in [0.5, 0.6) is 0 Å². The Morgan fingerprint density at radius 3 is 2.47 bits per heavy atom. The van der Waals surface area contributed by atoms with Gasteiger partial charge in [-0.15, -0.1) is 0 Å². The van der Waals surface area contributed by atoms with Crippen LogP contribution >= 0.6 is 27.3 Å². The van der Waals surface area contributed by atoms with Gasteiger partial charge in [-0.3, -0.25) is 14.9 Å². The molecule has 0 unspecified atom stereocenters. The number of nitrogens with zero attached hydrogens (tertiary/aromatic N) is 5. The van der Waals surface area contributed by atoms with Crippen molar-refractivity contribution >= 4 is 70.4 Å². The summed E-state index contributed by atoms with van der Waals surface area (Å²) in [5, 5.41) is 16.9. The van der Waals surface area contributed by atoms with E-state index in [0.29, 0.717) is 29.2 Å². The van der Waals surface area contributed by atoms with Crippen molar-refractivity contribution < 1.29 is 18.1 Å². The Labute approximate surface area is 259 Å². The lowest BCUT2D eigenvalue weighted by molar-refractivity contribution is -0.384. The predicted octanol–water partition coefficient (Wildman–Crippen LogP) is 6.39. The summed E-state index contributed by atoms with van der Waals surface area (Å²) < 4.78 is 30.0. The summed E-state index contributed by atoms with van der Waals surface area (Å²) in [6.07, 6.45) is 2.04. The lowest BCUT2D eigenvalue weighted by atomic mass is 10.0. The molecule has 4 aromatic carbocycles. The van der Waals surface area contributed by atoms with E-state index in [4.69, 9.17) is 0 Å². The van der Waals surface area contributed by atoms with Crippen LogP contribution in [0, 0.1) is 10.1 Å². The van der Waals surface area contributed by atoms with Gasteiger partial charge in [0, 0.05) is 35.3 Å². The van der Waals surface area contributed by atoms with Gasteiger partial charge >= 0.3 is 0 Å². The average Bonchev–Trinajstić information content (AvgIpc) is 3.44. The SMILES string of the molecule is O=C(c1ccc(S(=O)(=O)N2CCc3ccccc3C2)cc1)N(/N=C/c1ccc([N+](=O)[O-])cc1)c1nc2ccc(Br)cc2s1. The number of nitro benzene ring substituents is 1. The highest BCUT2D eigenvalue weighted by molar-refractivity contribution is 9.10. The van der Waals surface area contributed by atoms with E-state index in [1.807, 2.05) is 42.5 Å². The summed E-state index contributed by atoms with van der Waals surface area (Å²) in [6, 6.07) is 24.9. The first-order chi connectivity index (χ1) is 20.7. The third-order valence-corrected chi connectivity index (χ3v) is 10.3. The van der Waals surface area contributed by atoms with Crippen LogP contribution in [0.3, 0.4) is 0 Å². The number of carbonyl (C=O) groups is 1. The van der Waals surface area contributed by atoms with E-state index in [0.717, 1.165) is 25.3 Å². The average molecular weight is 677 g/mol. The van der Waals surface area contributed by atoms with E-state index in [2.05, 4.69) is 26.0 Å². The molecule has 43 heavy (non-hydrogen) atoms. The van der Waals surface area contributed by atoms with Crippen molar-refractivity contribution in [3.8, 4) is 0 Å². The van der Waals surface area contributed by atoms with Crippen LogP contribution < -0.4 is 5.01 Å². The second kappa shape index (κ2) is 11.8. The quantitative estimate of drug-likeness (QED) is 0.112. The molecule has 0 saturated heterocycles. The van der Waals surface area contributed by atoms with Crippen LogP contribution in [0.25, 0.3) is 10.2 Å². The Kier molecular flexibility index (Phi) is 7.88. The van der Waals surface area contributed by atoms with Gasteiger partial charge in [0.25, 0.3) is 11.6 Å². The summed E-state index contributed by atoms with van der Waals surface area (Å²) in [7, 11) is -3.78. The molecule has 0 fully saturated rings. The molecular weight excluding hydrogens is 654 g/mol. The molecule has 0 N–H and O–H groups in total. The fraction of sp³-hybridized carbons (Fsp3) is 0.100. The number of hydrogen-bond donors (Lipinski definition) is 0. The van der Waals surface area contributed by atoms with E-state index in [9.17, 15) is 23.3 Å².